The number of ketones is 3. The fraction of sp³-hybridized carbons (Fsp3) is 0.514. The van der Waals surface area contributed by atoms with Crippen molar-refractivity contribution in [3.05, 3.63) is 51.6 Å². The molecule has 0 aromatic heterocycles. The Balaban J connectivity index is 1.52. The van der Waals surface area contributed by atoms with Gasteiger partial charge in [0.2, 0.25) is 17.6 Å². The molecule has 0 bridgehead atoms. The van der Waals surface area contributed by atoms with Gasteiger partial charge in [-0.05, 0) is 32.3 Å². The molecular weight excluding hydrogens is 654 g/mol. The van der Waals surface area contributed by atoms with Crippen LogP contribution in [-0.4, -0.2) is 99.4 Å². The van der Waals surface area contributed by atoms with Crippen molar-refractivity contribution in [3.63, 3.8) is 0 Å². The Morgan fingerprint density at radius 2 is 1.78 bits per heavy atom. The van der Waals surface area contributed by atoms with E-state index >= 15 is 0 Å². The van der Waals surface area contributed by atoms with Gasteiger partial charge in [0.05, 0.1) is 48.6 Å². The van der Waals surface area contributed by atoms with Crippen molar-refractivity contribution < 1.29 is 58.6 Å². The zero-order valence-electron chi connectivity index (χ0n) is 28.4. The Morgan fingerprint density at radius 1 is 1.10 bits per heavy atom. The number of carbonyl (C=O) groups is 5. The van der Waals surface area contributed by atoms with Gasteiger partial charge in [-0.15, -0.1) is 0 Å². The Hall–Kier alpha value is -4.41. The first-order chi connectivity index (χ1) is 23.5. The lowest BCUT2D eigenvalue weighted by molar-refractivity contribution is -0.249. The maximum Gasteiger partial charge on any atom is 0.242 e. The van der Waals surface area contributed by atoms with Gasteiger partial charge in [0, 0.05) is 36.0 Å². The number of hydrogen-bond acceptors (Lipinski definition) is 13. The van der Waals surface area contributed by atoms with Crippen LogP contribution in [0.15, 0.2) is 18.2 Å². The van der Waals surface area contributed by atoms with Gasteiger partial charge >= 0.3 is 0 Å². The van der Waals surface area contributed by atoms with E-state index in [9.17, 15) is 44.4 Å². The quantitative estimate of drug-likeness (QED) is 0.144. The number of nitrogens with one attached hydrogen (secondary N) is 2. The number of ether oxygens (including phenoxy) is 3. The second-order valence-corrected chi connectivity index (χ2v) is 13.5. The first kappa shape index (κ1) is 36.9. The number of benzene rings is 2. The molecule has 8 N–H and O–H groups in total. The van der Waals surface area contributed by atoms with Gasteiger partial charge in [-0.2, -0.15) is 0 Å². The number of aliphatic hydroxyl groups is 2. The number of rotatable bonds is 10. The van der Waals surface area contributed by atoms with Gasteiger partial charge in [0.25, 0.3) is 0 Å². The normalized spacial score (nSPS) is 26.4. The Bertz CT molecular complexity index is 1740. The SMILES string of the molecule is COc1cccc2c1C(=O)c1c(O)c3c(c(O)c1C2=O)CC(O)(C(C)=O)CC3OC1CC(NC(=O)C(CC(C)C)NC(=O)CN)C(O)C(C)O1. The average Bonchev–Trinajstić information content (AvgIpc) is 3.06. The molecule has 15 heteroatoms. The fourth-order valence-corrected chi connectivity index (χ4v) is 7.01. The van der Waals surface area contributed by atoms with E-state index in [1.54, 1.807) is 0 Å². The molecule has 2 aromatic carbocycles. The van der Waals surface area contributed by atoms with Gasteiger partial charge in [-0.25, -0.2) is 0 Å². The van der Waals surface area contributed by atoms with E-state index in [2.05, 4.69) is 10.6 Å². The maximum absolute atomic E-state index is 13.9. The molecule has 2 aliphatic carbocycles. The molecule has 0 spiro atoms. The van der Waals surface area contributed by atoms with E-state index < -0.39 is 107 Å². The number of amides is 2. The minimum Gasteiger partial charge on any atom is -0.507 e. The summed E-state index contributed by atoms with van der Waals surface area (Å²) < 4.78 is 17.5. The lowest BCUT2D eigenvalue weighted by atomic mass is 9.72. The lowest BCUT2D eigenvalue weighted by Crippen LogP contribution is -2.59. The van der Waals surface area contributed by atoms with Crippen molar-refractivity contribution in [1.29, 1.82) is 0 Å². The summed E-state index contributed by atoms with van der Waals surface area (Å²) in [5, 5.41) is 51.1. The highest BCUT2D eigenvalue weighted by atomic mass is 16.7. The first-order valence-corrected chi connectivity index (χ1v) is 16.4. The minimum atomic E-state index is -2.11. The highest BCUT2D eigenvalue weighted by Gasteiger charge is 2.49. The van der Waals surface area contributed by atoms with E-state index in [0.717, 1.165) is 6.92 Å². The molecule has 15 nitrogen and oxygen atoms in total. The number of phenols is 2. The fourth-order valence-electron chi connectivity index (χ4n) is 7.01. The summed E-state index contributed by atoms with van der Waals surface area (Å²) in [5.74, 6) is -4.61. The summed E-state index contributed by atoms with van der Waals surface area (Å²) in [6.07, 6.45) is -5.51. The summed E-state index contributed by atoms with van der Waals surface area (Å²) in [7, 11) is 1.32. The molecule has 0 saturated carbocycles. The summed E-state index contributed by atoms with van der Waals surface area (Å²) in [6.45, 7) is 6.10. The highest BCUT2D eigenvalue weighted by Crippen LogP contribution is 2.52. The van der Waals surface area contributed by atoms with Crippen molar-refractivity contribution in [3.8, 4) is 17.2 Å². The molecule has 2 aromatic rings. The number of phenolic OH excluding ortho intramolecular Hbond substituents is 2. The van der Waals surface area contributed by atoms with Gasteiger partial charge < -0.3 is 51.0 Å². The summed E-state index contributed by atoms with van der Waals surface area (Å²) >= 11 is 0. The number of carbonyl (C=O) groups excluding carboxylic acids is 5. The minimum absolute atomic E-state index is 0.0245. The molecule has 7 atom stereocenters. The zero-order chi connectivity index (χ0) is 36.8. The van der Waals surface area contributed by atoms with Crippen LogP contribution >= 0.6 is 0 Å². The van der Waals surface area contributed by atoms with E-state index in [0.29, 0.717) is 6.42 Å². The van der Waals surface area contributed by atoms with Crippen LogP contribution in [0.2, 0.25) is 0 Å². The van der Waals surface area contributed by atoms with Crippen molar-refractivity contribution in [2.45, 2.75) is 95.7 Å². The number of aliphatic hydroxyl groups excluding tert-OH is 1. The molecule has 5 rings (SSSR count). The molecule has 1 heterocycles. The smallest absolute Gasteiger partial charge is 0.242 e. The predicted molar refractivity (Wildman–Crippen MR) is 175 cm³/mol. The van der Waals surface area contributed by atoms with Gasteiger partial charge in [-0.3, -0.25) is 24.0 Å². The van der Waals surface area contributed by atoms with Crippen LogP contribution in [-0.2, 0) is 30.3 Å². The lowest BCUT2D eigenvalue weighted by Gasteiger charge is -2.43. The Labute approximate surface area is 288 Å². The van der Waals surface area contributed by atoms with Gasteiger partial charge in [0.1, 0.15) is 35.0 Å². The van der Waals surface area contributed by atoms with Crippen LogP contribution in [0.25, 0.3) is 0 Å². The molecule has 1 saturated heterocycles. The summed E-state index contributed by atoms with van der Waals surface area (Å²) in [6, 6.07) is 2.47. The van der Waals surface area contributed by atoms with Crippen molar-refractivity contribution in [2.24, 2.45) is 11.7 Å². The molecule has 270 valence electrons. The van der Waals surface area contributed by atoms with Crippen LogP contribution in [0.1, 0.15) is 96.0 Å². The Morgan fingerprint density at radius 3 is 2.40 bits per heavy atom. The standard InChI is InChI=1S/C35H43N3O12/c1-14(2)9-20(37-23(40)13-36)34(46)38-19-10-24(49-15(3)29(19)41)50-22-12-35(47,16(4)39)11-18-26(22)33(45)28-27(31(18)43)30(42)17-7-6-8-21(48-5)25(17)32(28)44/h6-8,14-15,19-20,22,24,29,41,43,45,47H,9-13,36H2,1-5H3,(H,37,40)(H,38,46). The summed E-state index contributed by atoms with van der Waals surface area (Å²) in [4.78, 5) is 65.7. The van der Waals surface area contributed by atoms with Crippen LogP contribution in [0.3, 0.4) is 0 Å². The van der Waals surface area contributed by atoms with E-state index in [-0.39, 0.29) is 46.9 Å². The Kier molecular flexibility index (Phi) is 10.4. The maximum atomic E-state index is 13.9. The third kappa shape index (κ3) is 6.58. The topological polar surface area (TPSA) is 244 Å². The molecular formula is C35H43N3O12. The molecule has 2 amide bonds. The number of fused-ring (bicyclic) bond motifs is 3. The molecule has 1 fully saturated rings. The van der Waals surface area contributed by atoms with Crippen LogP contribution in [0, 0.1) is 5.92 Å². The van der Waals surface area contributed by atoms with Crippen molar-refractivity contribution in [2.75, 3.05) is 13.7 Å². The molecule has 50 heavy (non-hydrogen) atoms. The first-order valence-electron chi connectivity index (χ1n) is 16.4. The van der Waals surface area contributed by atoms with E-state index in [1.807, 2.05) is 13.8 Å². The number of methoxy groups -OCH3 is 1. The summed E-state index contributed by atoms with van der Waals surface area (Å²) in [5.41, 5.74) is 1.89. The third-order valence-electron chi connectivity index (χ3n) is 9.63. The highest BCUT2D eigenvalue weighted by molar-refractivity contribution is 6.31. The number of hydrogen-bond donors (Lipinski definition) is 7. The number of nitrogens with two attached hydrogens (primary N) is 1. The monoisotopic (exact) mass is 697 g/mol. The number of aromatic hydroxyl groups is 2. The van der Waals surface area contributed by atoms with E-state index in [1.165, 1.54) is 32.2 Å². The molecule has 0 radical (unpaired) electrons. The largest absolute Gasteiger partial charge is 0.507 e. The van der Waals surface area contributed by atoms with Crippen LogP contribution in [0.5, 0.6) is 17.2 Å². The number of Topliss-reactive ketones (excluding diaryl/α,β-unsaturated/α-hetero) is 1. The molecule has 3 aliphatic rings. The van der Waals surface area contributed by atoms with Gasteiger partial charge in [0.15, 0.2) is 17.9 Å². The van der Waals surface area contributed by atoms with Crippen molar-refractivity contribution >= 4 is 29.2 Å². The van der Waals surface area contributed by atoms with Gasteiger partial charge in [-0.1, -0.05) is 26.0 Å². The molecule has 1 aliphatic heterocycles. The van der Waals surface area contributed by atoms with Crippen LogP contribution in [0.4, 0.5) is 0 Å². The molecule has 7 unspecified atom stereocenters. The van der Waals surface area contributed by atoms with Crippen LogP contribution < -0.4 is 21.1 Å². The second kappa shape index (κ2) is 14.1. The van der Waals surface area contributed by atoms with Crippen molar-refractivity contribution in [1.82, 2.24) is 10.6 Å². The second-order valence-electron chi connectivity index (χ2n) is 13.5. The zero-order valence-corrected chi connectivity index (χ0v) is 28.4. The average molecular weight is 698 g/mol. The third-order valence-corrected chi connectivity index (χ3v) is 9.63. The van der Waals surface area contributed by atoms with E-state index in [4.69, 9.17) is 19.9 Å². The predicted octanol–water partition coefficient (Wildman–Crippen LogP) is 0.676.